The van der Waals surface area contributed by atoms with Crippen molar-refractivity contribution in [1.82, 2.24) is 10.2 Å². The highest BCUT2D eigenvalue weighted by atomic mass is 35.5. The molecule has 20 heavy (non-hydrogen) atoms. The van der Waals surface area contributed by atoms with Gasteiger partial charge in [-0.2, -0.15) is 0 Å². The molecule has 0 spiro atoms. The van der Waals surface area contributed by atoms with E-state index in [0.717, 1.165) is 0 Å². The van der Waals surface area contributed by atoms with E-state index in [4.69, 9.17) is 23.2 Å². The molecule has 1 fully saturated rings. The molecule has 0 aliphatic heterocycles. The Morgan fingerprint density at radius 2 is 1.90 bits per heavy atom. The Labute approximate surface area is 130 Å². The smallest absolute Gasteiger partial charge is 0.229 e. The number of nitrogens with zero attached hydrogens (tertiary/aromatic N) is 1. The zero-order chi connectivity index (χ0) is 15.0. The highest BCUT2D eigenvalue weighted by molar-refractivity contribution is 6.53. The number of amides is 1. The lowest BCUT2D eigenvalue weighted by Gasteiger charge is -2.26. The van der Waals surface area contributed by atoms with Gasteiger partial charge in [-0.25, -0.2) is 0 Å². The summed E-state index contributed by atoms with van der Waals surface area (Å²) in [5.41, 5.74) is 0.505. The maximum absolute atomic E-state index is 12.2. The van der Waals surface area contributed by atoms with Crippen LogP contribution >= 0.6 is 23.2 Å². The molecule has 1 amide bonds. The SMILES string of the molecule is CN(C)C(CNC(=O)C1(C)CC1(Cl)Cl)c1ccccc1. The second-order valence-electron chi connectivity index (χ2n) is 5.81. The molecule has 1 aliphatic rings. The van der Waals surface area contributed by atoms with Crippen molar-refractivity contribution < 1.29 is 4.79 Å². The molecule has 1 aliphatic carbocycles. The molecule has 1 aromatic rings. The third-order valence-corrected chi connectivity index (χ3v) is 5.12. The average molecular weight is 315 g/mol. The average Bonchev–Trinajstić information content (AvgIpc) is 2.91. The normalized spacial score (nSPS) is 25.3. The van der Waals surface area contributed by atoms with Crippen LogP contribution in [0.2, 0.25) is 0 Å². The molecule has 0 aromatic heterocycles. The van der Waals surface area contributed by atoms with Crippen LogP contribution in [0.5, 0.6) is 0 Å². The number of nitrogens with one attached hydrogen (secondary N) is 1. The van der Waals surface area contributed by atoms with Gasteiger partial charge in [0.25, 0.3) is 0 Å². The number of hydrogen-bond acceptors (Lipinski definition) is 2. The van der Waals surface area contributed by atoms with Crippen molar-refractivity contribution in [2.75, 3.05) is 20.6 Å². The van der Waals surface area contributed by atoms with Crippen LogP contribution in [-0.2, 0) is 4.79 Å². The highest BCUT2D eigenvalue weighted by Gasteiger charge is 2.67. The van der Waals surface area contributed by atoms with E-state index < -0.39 is 9.75 Å². The lowest BCUT2D eigenvalue weighted by atomic mass is 10.0. The summed E-state index contributed by atoms with van der Waals surface area (Å²) in [6, 6.07) is 10.2. The zero-order valence-corrected chi connectivity index (χ0v) is 13.5. The fraction of sp³-hybridized carbons (Fsp3) is 0.533. The predicted molar refractivity (Wildman–Crippen MR) is 83.0 cm³/mol. The number of hydrogen-bond donors (Lipinski definition) is 1. The summed E-state index contributed by atoms with van der Waals surface area (Å²) in [5, 5.41) is 2.97. The second-order valence-corrected chi connectivity index (χ2v) is 7.30. The van der Waals surface area contributed by atoms with Crippen LogP contribution in [0.3, 0.4) is 0 Å². The van der Waals surface area contributed by atoms with Gasteiger partial charge in [0.1, 0.15) is 4.33 Å². The number of rotatable bonds is 5. The monoisotopic (exact) mass is 314 g/mol. The summed E-state index contributed by atoms with van der Waals surface area (Å²) in [5.74, 6) is -0.0784. The minimum Gasteiger partial charge on any atom is -0.354 e. The molecule has 110 valence electrons. The molecular formula is C15H20Cl2N2O. The number of carbonyl (C=O) groups excluding carboxylic acids is 1. The molecule has 0 saturated heterocycles. The summed E-state index contributed by atoms with van der Waals surface area (Å²) in [4.78, 5) is 14.3. The maximum Gasteiger partial charge on any atom is 0.229 e. The van der Waals surface area contributed by atoms with Crippen molar-refractivity contribution in [3.63, 3.8) is 0 Å². The van der Waals surface area contributed by atoms with Gasteiger partial charge in [0.2, 0.25) is 5.91 Å². The van der Waals surface area contributed by atoms with E-state index >= 15 is 0 Å². The van der Waals surface area contributed by atoms with Gasteiger partial charge in [-0.3, -0.25) is 4.79 Å². The molecule has 2 rings (SSSR count). The summed E-state index contributed by atoms with van der Waals surface area (Å²) < 4.78 is -0.919. The van der Waals surface area contributed by atoms with Gasteiger partial charge in [-0.1, -0.05) is 30.3 Å². The summed E-state index contributed by atoms with van der Waals surface area (Å²) in [7, 11) is 3.99. The fourth-order valence-corrected chi connectivity index (χ4v) is 3.01. The molecule has 0 radical (unpaired) electrons. The molecule has 0 heterocycles. The quantitative estimate of drug-likeness (QED) is 0.847. The zero-order valence-electron chi connectivity index (χ0n) is 12.0. The van der Waals surface area contributed by atoms with Crippen molar-refractivity contribution in [2.24, 2.45) is 5.41 Å². The van der Waals surface area contributed by atoms with Gasteiger partial charge in [0.15, 0.2) is 0 Å². The fourth-order valence-electron chi connectivity index (χ4n) is 2.30. The third-order valence-electron chi connectivity index (χ3n) is 4.02. The Kier molecular flexibility index (Phi) is 4.33. The van der Waals surface area contributed by atoms with Crippen LogP contribution in [0.1, 0.15) is 24.9 Å². The Hall–Kier alpha value is -0.770. The summed E-state index contributed by atoms with van der Waals surface area (Å²) in [6.45, 7) is 2.34. The lowest BCUT2D eigenvalue weighted by Crippen LogP contribution is -2.39. The van der Waals surface area contributed by atoms with Crippen LogP contribution in [0.25, 0.3) is 0 Å². The largest absolute Gasteiger partial charge is 0.354 e. The Bertz CT molecular complexity index is 490. The van der Waals surface area contributed by atoms with Crippen LogP contribution in [0.4, 0.5) is 0 Å². The molecule has 1 N–H and O–H groups in total. The van der Waals surface area contributed by atoms with Gasteiger partial charge in [0.05, 0.1) is 11.5 Å². The van der Waals surface area contributed by atoms with Crippen molar-refractivity contribution >= 4 is 29.1 Å². The summed E-state index contributed by atoms with van der Waals surface area (Å²) >= 11 is 12.1. The molecule has 1 aromatic carbocycles. The number of carbonyl (C=O) groups is 1. The van der Waals surface area contributed by atoms with Gasteiger partial charge in [-0.15, -0.1) is 23.2 Å². The third kappa shape index (κ3) is 2.95. The van der Waals surface area contributed by atoms with Crippen molar-refractivity contribution in [1.29, 1.82) is 0 Å². The minimum atomic E-state index is -0.919. The molecule has 2 unspecified atom stereocenters. The van der Waals surface area contributed by atoms with Gasteiger partial charge in [-0.05, 0) is 33.0 Å². The van der Waals surface area contributed by atoms with E-state index in [1.807, 2.05) is 32.3 Å². The Balaban J connectivity index is 1.99. The van der Waals surface area contributed by atoms with Gasteiger partial charge < -0.3 is 10.2 Å². The molecule has 0 bridgehead atoms. The van der Waals surface area contributed by atoms with Gasteiger partial charge >= 0.3 is 0 Å². The standard InChI is InChI=1S/C15H20Cl2N2O/c1-14(10-15(14,16)17)13(20)18-9-12(19(2)3)11-7-5-4-6-8-11/h4-8,12H,9-10H2,1-3H3,(H,18,20). The van der Waals surface area contributed by atoms with Crippen molar-refractivity contribution in [2.45, 2.75) is 23.7 Å². The molecule has 1 saturated carbocycles. The molecule has 2 atom stereocenters. The first-order valence-electron chi connectivity index (χ1n) is 6.65. The van der Waals surface area contributed by atoms with E-state index in [9.17, 15) is 4.79 Å². The Morgan fingerprint density at radius 1 is 1.35 bits per heavy atom. The van der Waals surface area contributed by atoms with Gasteiger partial charge in [0, 0.05) is 6.54 Å². The highest BCUT2D eigenvalue weighted by Crippen LogP contribution is 2.63. The molecule has 5 heteroatoms. The first kappa shape index (κ1) is 15.6. The number of benzene rings is 1. The molecular weight excluding hydrogens is 295 g/mol. The van der Waals surface area contributed by atoms with Crippen molar-refractivity contribution in [3.05, 3.63) is 35.9 Å². The second kappa shape index (κ2) is 5.55. The van der Waals surface area contributed by atoms with E-state index in [-0.39, 0.29) is 11.9 Å². The predicted octanol–water partition coefficient (Wildman–Crippen LogP) is 2.99. The summed E-state index contributed by atoms with van der Waals surface area (Å²) in [6.07, 6.45) is 0.507. The number of likely N-dealkylation sites (N-methyl/N-ethyl adjacent to an activating group) is 1. The lowest BCUT2D eigenvalue weighted by molar-refractivity contribution is -0.126. The van der Waals surface area contributed by atoms with E-state index in [1.54, 1.807) is 6.92 Å². The first-order valence-corrected chi connectivity index (χ1v) is 7.41. The van der Waals surface area contributed by atoms with Crippen LogP contribution in [0.15, 0.2) is 30.3 Å². The van der Waals surface area contributed by atoms with E-state index in [2.05, 4.69) is 22.3 Å². The minimum absolute atomic E-state index is 0.0784. The van der Waals surface area contributed by atoms with E-state index in [1.165, 1.54) is 5.56 Å². The molecule has 3 nitrogen and oxygen atoms in total. The topological polar surface area (TPSA) is 32.3 Å². The first-order chi connectivity index (χ1) is 9.28. The number of alkyl halides is 2. The van der Waals surface area contributed by atoms with E-state index in [0.29, 0.717) is 13.0 Å². The van der Waals surface area contributed by atoms with Crippen molar-refractivity contribution in [3.8, 4) is 0 Å². The Morgan fingerprint density at radius 3 is 2.35 bits per heavy atom. The van der Waals surface area contributed by atoms with Crippen LogP contribution < -0.4 is 5.32 Å². The van der Waals surface area contributed by atoms with Crippen LogP contribution in [0, 0.1) is 5.41 Å². The number of halogens is 2. The van der Waals surface area contributed by atoms with Crippen LogP contribution in [-0.4, -0.2) is 35.8 Å². The maximum atomic E-state index is 12.2.